The summed E-state index contributed by atoms with van der Waals surface area (Å²) in [6.07, 6.45) is 10.1. The maximum Gasteiger partial charge on any atom is 0.250 e. The van der Waals surface area contributed by atoms with Gasteiger partial charge in [-0.25, -0.2) is 8.78 Å². The third-order valence-electron chi connectivity index (χ3n) is 4.74. The number of hydrogen-bond donors (Lipinski definition) is 1. The molecule has 1 saturated carbocycles. The van der Waals surface area contributed by atoms with Gasteiger partial charge in [0.2, 0.25) is 0 Å². The zero-order valence-corrected chi connectivity index (χ0v) is 19.4. The van der Waals surface area contributed by atoms with Crippen molar-refractivity contribution < 1.29 is 8.78 Å². The molecular formula is C26H35F2N3. The second kappa shape index (κ2) is 13.6. The first-order valence-corrected chi connectivity index (χ1v) is 10.5. The second-order valence-electron chi connectivity index (χ2n) is 7.50. The minimum Gasteiger partial charge on any atom is -0.315 e. The van der Waals surface area contributed by atoms with Crippen LogP contribution in [0.15, 0.2) is 71.9 Å². The van der Waals surface area contributed by atoms with Crippen molar-refractivity contribution in [3.63, 3.8) is 0 Å². The lowest BCUT2D eigenvalue weighted by Crippen LogP contribution is -2.15. The van der Waals surface area contributed by atoms with Crippen molar-refractivity contribution in [2.45, 2.75) is 52.9 Å². The van der Waals surface area contributed by atoms with E-state index in [0.717, 1.165) is 33.7 Å². The summed E-state index contributed by atoms with van der Waals surface area (Å²) in [5.74, 6) is 0.674. The summed E-state index contributed by atoms with van der Waals surface area (Å²) in [5, 5.41) is 2.32. The summed E-state index contributed by atoms with van der Waals surface area (Å²) in [6.45, 7) is 15.9. The summed E-state index contributed by atoms with van der Waals surface area (Å²) >= 11 is 0. The van der Waals surface area contributed by atoms with Crippen molar-refractivity contribution in [2.24, 2.45) is 4.99 Å². The number of rotatable bonds is 9. The first-order valence-electron chi connectivity index (χ1n) is 10.5. The Morgan fingerprint density at radius 2 is 1.97 bits per heavy atom. The van der Waals surface area contributed by atoms with Crippen LogP contribution in [-0.4, -0.2) is 30.7 Å². The van der Waals surface area contributed by atoms with Crippen LogP contribution in [0.1, 0.15) is 56.5 Å². The van der Waals surface area contributed by atoms with E-state index >= 15 is 0 Å². The Morgan fingerprint density at radius 3 is 2.42 bits per heavy atom. The molecule has 0 amide bonds. The quantitative estimate of drug-likeness (QED) is 0.347. The Morgan fingerprint density at radius 1 is 1.29 bits per heavy atom. The molecule has 3 nitrogen and oxygen atoms in total. The van der Waals surface area contributed by atoms with Gasteiger partial charge in [-0.2, -0.15) is 0 Å². The van der Waals surface area contributed by atoms with Gasteiger partial charge in [0.05, 0.1) is 6.54 Å². The van der Waals surface area contributed by atoms with Crippen LogP contribution in [0.4, 0.5) is 8.78 Å². The Labute approximate surface area is 186 Å². The molecule has 1 aromatic rings. The highest BCUT2D eigenvalue weighted by molar-refractivity contribution is 5.95. The van der Waals surface area contributed by atoms with E-state index in [1.54, 1.807) is 6.08 Å². The zero-order valence-electron chi connectivity index (χ0n) is 19.4. The molecule has 1 aromatic heterocycles. The first-order chi connectivity index (χ1) is 14.7. The summed E-state index contributed by atoms with van der Waals surface area (Å²) in [5.41, 5.74) is 7.45. The number of hydrogen-bond acceptors (Lipinski definition) is 3. The lowest BCUT2D eigenvalue weighted by atomic mass is 9.97. The Hall–Kier alpha value is -2.66. The number of allylic oxidation sites excluding steroid dienone is 7. The Kier molecular flexibility index (Phi) is 11.6. The molecule has 1 N–H and O–H groups in total. The van der Waals surface area contributed by atoms with Crippen molar-refractivity contribution in [1.82, 2.24) is 10.3 Å². The van der Waals surface area contributed by atoms with Crippen molar-refractivity contribution >= 4 is 11.3 Å². The summed E-state index contributed by atoms with van der Waals surface area (Å²) in [4.78, 5) is 9.19. The number of halogens is 2. The maximum atomic E-state index is 11.0. The van der Waals surface area contributed by atoms with Crippen LogP contribution in [0.2, 0.25) is 0 Å². The number of aromatic nitrogens is 1. The summed E-state index contributed by atoms with van der Waals surface area (Å²) in [7, 11) is 1.49. The summed E-state index contributed by atoms with van der Waals surface area (Å²) in [6, 6.07) is 4.31. The second-order valence-corrected chi connectivity index (χ2v) is 7.50. The molecule has 0 radical (unpaired) electrons. The fourth-order valence-corrected chi connectivity index (χ4v) is 2.70. The van der Waals surface area contributed by atoms with Crippen LogP contribution in [0.3, 0.4) is 0 Å². The number of aryl methyl sites for hydroxylation is 1. The zero-order chi connectivity index (χ0) is 23.4. The highest BCUT2D eigenvalue weighted by atomic mass is 19.3. The van der Waals surface area contributed by atoms with E-state index in [-0.39, 0.29) is 6.54 Å². The molecule has 0 atom stereocenters. The van der Waals surface area contributed by atoms with Crippen LogP contribution in [0, 0.1) is 6.92 Å². The van der Waals surface area contributed by atoms with E-state index in [1.165, 1.54) is 25.6 Å². The number of pyridine rings is 1. The molecule has 1 heterocycles. The summed E-state index contributed by atoms with van der Waals surface area (Å²) < 4.78 is 21.9. The van der Waals surface area contributed by atoms with E-state index in [2.05, 4.69) is 54.7 Å². The molecule has 0 unspecified atom stereocenters. The van der Waals surface area contributed by atoms with E-state index in [1.807, 2.05) is 33.0 Å². The third-order valence-corrected chi connectivity index (χ3v) is 4.74. The topological polar surface area (TPSA) is 37.3 Å². The van der Waals surface area contributed by atoms with Gasteiger partial charge in [0.1, 0.15) is 0 Å². The monoisotopic (exact) mass is 427 g/mol. The minimum absolute atomic E-state index is 0.208. The lowest BCUT2D eigenvalue weighted by molar-refractivity contribution is 0.149. The van der Waals surface area contributed by atoms with Crippen molar-refractivity contribution in [3.8, 4) is 0 Å². The molecule has 0 bridgehead atoms. The van der Waals surface area contributed by atoms with Gasteiger partial charge in [-0.05, 0) is 76.4 Å². The average Bonchev–Trinajstić information content (AvgIpc) is 3.58. The van der Waals surface area contributed by atoms with Crippen LogP contribution in [0.5, 0.6) is 0 Å². The van der Waals surface area contributed by atoms with Crippen molar-refractivity contribution in [1.29, 1.82) is 0 Å². The largest absolute Gasteiger partial charge is 0.315 e. The molecule has 31 heavy (non-hydrogen) atoms. The van der Waals surface area contributed by atoms with E-state index in [4.69, 9.17) is 4.98 Å². The average molecular weight is 428 g/mol. The molecule has 168 valence electrons. The molecular weight excluding hydrogens is 392 g/mol. The van der Waals surface area contributed by atoms with Gasteiger partial charge in [0, 0.05) is 34.8 Å². The molecule has 0 spiro atoms. The Bertz CT molecular complexity index is 873. The molecule has 1 fully saturated rings. The Balaban J connectivity index is 0.000000703. The molecule has 1 aliphatic rings. The number of alkyl halides is 2. The van der Waals surface area contributed by atoms with Gasteiger partial charge in [0.25, 0.3) is 6.43 Å². The molecule has 2 rings (SSSR count). The highest BCUT2D eigenvalue weighted by Gasteiger charge is 2.25. The van der Waals surface area contributed by atoms with Gasteiger partial charge >= 0.3 is 0 Å². The van der Waals surface area contributed by atoms with E-state index in [9.17, 15) is 8.78 Å². The van der Waals surface area contributed by atoms with Crippen LogP contribution >= 0.6 is 0 Å². The van der Waals surface area contributed by atoms with Crippen LogP contribution in [0.25, 0.3) is 5.57 Å². The van der Waals surface area contributed by atoms with E-state index < -0.39 is 6.43 Å². The number of nitrogens with one attached hydrogen (secondary N) is 1. The predicted octanol–water partition coefficient (Wildman–Crippen LogP) is 6.80. The van der Waals surface area contributed by atoms with E-state index in [0.29, 0.717) is 5.92 Å². The fourth-order valence-electron chi connectivity index (χ4n) is 2.70. The lowest BCUT2D eigenvalue weighted by Gasteiger charge is -2.11. The highest BCUT2D eigenvalue weighted by Crippen LogP contribution is 2.39. The standard InChI is InChI=1S/C23H28N2.C3H7F2N/c1-7-16(3)15-24-17(4)9-10-20(8-2)18(5)22-13-14-23(21-11-12-21)25-19(22)6;1-6-2-3(4)5/h7-10,13-15,21H,1,5,11-12H2,2-4,6H3;3,6H,2H2,1H3/b10-9-,16-15+,20-8+,24-17+;. The normalized spacial score (nSPS) is 15.2. The molecule has 5 heteroatoms. The molecule has 0 saturated heterocycles. The van der Waals surface area contributed by atoms with Crippen LogP contribution < -0.4 is 5.32 Å². The van der Waals surface area contributed by atoms with Gasteiger partial charge in [-0.15, -0.1) is 0 Å². The molecule has 0 aromatic carbocycles. The van der Waals surface area contributed by atoms with Gasteiger partial charge in [0.15, 0.2) is 0 Å². The van der Waals surface area contributed by atoms with Gasteiger partial charge in [-0.1, -0.05) is 37.5 Å². The van der Waals surface area contributed by atoms with Crippen molar-refractivity contribution in [3.05, 3.63) is 83.9 Å². The van der Waals surface area contributed by atoms with Gasteiger partial charge in [-0.3, -0.25) is 9.98 Å². The third kappa shape index (κ3) is 9.79. The smallest absolute Gasteiger partial charge is 0.250 e. The minimum atomic E-state index is -2.21. The number of nitrogens with zero attached hydrogens (tertiary/aromatic N) is 2. The van der Waals surface area contributed by atoms with Crippen LogP contribution in [-0.2, 0) is 0 Å². The number of aliphatic imine (C=N–C) groups is 1. The van der Waals surface area contributed by atoms with Gasteiger partial charge < -0.3 is 5.32 Å². The predicted molar refractivity (Wildman–Crippen MR) is 130 cm³/mol. The fraction of sp³-hybridized carbons (Fsp3) is 0.385. The first kappa shape index (κ1) is 26.4. The van der Waals surface area contributed by atoms with Crippen molar-refractivity contribution in [2.75, 3.05) is 13.6 Å². The molecule has 1 aliphatic carbocycles. The SMILES string of the molecule is C=C/C(C)=C/N=C(C)/C=C\C(=C/C)C(=C)c1ccc(C2CC2)nc1C.CNCC(F)F. The maximum absolute atomic E-state index is 11.0. The molecule has 0 aliphatic heterocycles.